The number of quaternary nitrogens is 1. The molecule has 0 spiro atoms. The summed E-state index contributed by atoms with van der Waals surface area (Å²) < 4.78 is 5.29. The van der Waals surface area contributed by atoms with Gasteiger partial charge in [0.15, 0.2) is 6.04 Å². The first-order valence-electron chi connectivity index (χ1n) is 10.2. The number of thiophene rings is 1. The lowest BCUT2D eigenvalue weighted by molar-refractivity contribution is -0.682. The van der Waals surface area contributed by atoms with E-state index in [9.17, 15) is 9.59 Å². The smallest absolute Gasteiger partial charge is 0.341 e. The minimum Gasteiger partial charge on any atom is -0.462 e. The van der Waals surface area contributed by atoms with E-state index in [2.05, 4.69) is 12.2 Å². The molecule has 30 heavy (non-hydrogen) atoms. The van der Waals surface area contributed by atoms with E-state index in [1.807, 2.05) is 71.4 Å². The van der Waals surface area contributed by atoms with Crippen molar-refractivity contribution in [2.45, 2.75) is 26.3 Å². The third-order valence-electron chi connectivity index (χ3n) is 4.72. The van der Waals surface area contributed by atoms with Crippen LogP contribution >= 0.6 is 11.3 Å². The van der Waals surface area contributed by atoms with Gasteiger partial charge in [-0.2, -0.15) is 0 Å². The lowest BCUT2D eigenvalue weighted by Gasteiger charge is -2.16. The molecule has 0 aliphatic carbocycles. The maximum atomic E-state index is 13.2. The number of nitrogens with one attached hydrogen (secondary N) is 1. The van der Waals surface area contributed by atoms with E-state index in [0.29, 0.717) is 10.6 Å². The van der Waals surface area contributed by atoms with Crippen molar-refractivity contribution in [1.29, 1.82) is 0 Å². The van der Waals surface area contributed by atoms with Gasteiger partial charge in [0.25, 0.3) is 5.91 Å². The summed E-state index contributed by atoms with van der Waals surface area (Å²) in [4.78, 5) is 25.9. The molecular formula is C24H27N2O3S+. The van der Waals surface area contributed by atoms with Gasteiger partial charge in [-0.15, -0.1) is 11.3 Å². The molecule has 1 atom stereocenters. The number of carbonyl (C=O) groups is 2. The minimum atomic E-state index is -0.429. The van der Waals surface area contributed by atoms with Crippen LogP contribution in [0, 0.1) is 0 Å². The molecule has 0 saturated heterocycles. The molecule has 3 N–H and O–H groups in total. The van der Waals surface area contributed by atoms with Crippen LogP contribution in [0.1, 0.15) is 42.2 Å². The molecule has 1 aromatic heterocycles. The summed E-state index contributed by atoms with van der Waals surface area (Å²) in [6, 6.07) is 19.0. The molecular weight excluding hydrogens is 396 g/mol. The number of rotatable bonds is 9. The van der Waals surface area contributed by atoms with Crippen LogP contribution in [0.2, 0.25) is 0 Å². The lowest BCUT2D eigenvalue weighted by atomic mass is 10.0. The van der Waals surface area contributed by atoms with Crippen LogP contribution in [0.15, 0.2) is 66.0 Å². The number of nitrogens with two attached hydrogens (primary N) is 1. The van der Waals surface area contributed by atoms with Gasteiger partial charge in [0.05, 0.1) is 13.2 Å². The van der Waals surface area contributed by atoms with Crippen LogP contribution in [0.4, 0.5) is 5.00 Å². The number of esters is 1. The molecule has 0 saturated carbocycles. The molecule has 0 aliphatic heterocycles. The molecule has 6 heteroatoms. The number of amides is 1. The van der Waals surface area contributed by atoms with Crippen molar-refractivity contribution in [3.63, 3.8) is 0 Å². The molecule has 5 nitrogen and oxygen atoms in total. The van der Waals surface area contributed by atoms with Gasteiger partial charge in [-0.1, -0.05) is 67.6 Å². The highest BCUT2D eigenvalue weighted by Gasteiger charge is 2.28. The van der Waals surface area contributed by atoms with Crippen LogP contribution in [0.5, 0.6) is 0 Å². The Balaban J connectivity index is 1.93. The van der Waals surface area contributed by atoms with Gasteiger partial charge < -0.3 is 15.4 Å². The lowest BCUT2D eigenvalue weighted by Crippen LogP contribution is -2.87. The summed E-state index contributed by atoms with van der Waals surface area (Å²) in [6.07, 6.45) is 0.960. The zero-order chi connectivity index (χ0) is 21.3. The van der Waals surface area contributed by atoms with E-state index in [0.717, 1.165) is 29.7 Å². The zero-order valence-corrected chi connectivity index (χ0v) is 18.1. The second-order valence-electron chi connectivity index (χ2n) is 6.84. The van der Waals surface area contributed by atoms with Crippen molar-refractivity contribution >= 4 is 28.2 Å². The monoisotopic (exact) mass is 423 g/mol. The van der Waals surface area contributed by atoms with E-state index in [4.69, 9.17) is 4.74 Å². The van der Waals surface area contributed by atoms with Gasteiger partial charge in [-0.25, -0.2) is 4.79 Å². The van der Waals surface area contributed by atoms with Crippen LogP contribution in [0.3, 0.4) is 0 Å². The summed E-state index contributed by atoms with van der Waals surface area (Å²) in [5.74, 6) is -0.580. The van der Waals surface area contributed by atoms with Crippen LogP contribution in [-0.4, -0.2) is 25.0 Å². The van der Waals surface area contributed by atoms with Gasteiger partial charge in [0.1, 0.15) is 10.6 Å². The number of benzene rings is 2. The average Bonchev–Trinajstić information content (AvgIpc) is 3.19. The number of hydrogen-bond acceptors (Lipinski definition) is 4. The highest BCUT2D eigenvalue weighted by atomic mass is 32.1. The Morgan fingerprint density at radius 2 is 1.70 bits per heavy atom. The molecule has 3 rings (SSSR count). The summed E-state index contributed by atoms with van der Waals surface area (Å²) in [7, 11) is 0. The molecule has 156 valence electrons. The Bertz CT molecular complexity index is 971. The Morgan fingerprint density at radius 3 is 2.33 bits per heavy atom. The number of hydrogen-bond donors (Lipinski definition) is 2. The van der Waals surface area contributed by atoms with Crippen molar-refractivity contribution in [2.24, 2.45) is 0 Å². The van der Waals surface area contributed by atoms with Gasteiger partial charge in [0, 0.05) is 16.5 Å². The standard InChI is InChI=1S/C24H26N2O3S/c1-3-15-25-21(18-13-9-6-10-14-18)22(27)26-23-20(24(28)29-4-2)19(16-30-23)17-11-7-5-8-12-17/h5-14,16,21,25H,3-4,15H2,1-2H3,(H,26,27)/p+1/t21-/m0/s1. The van der Waals surface area contributed by atoms with Crippen LogP contribution in [0.25, 0.3) is 11.1 Å². The third kappa shape index (κ3) is 5.14. The first-order chi connectivity index (χ1) is 14.7. The predicted molar refractivity (Wildman–Crippen MR) is 121 cm³/mol. The maximum absolute atomic E-state index is 13.2. The Morgan fingerprint density at radius 1 is 1.03 bits per heavy atom. The number of ether oxygens (including phenoxy) is 1. The normalized spacial score (nSPS) is 11.7. The first kappa shape index (κ1) is 21.7. The van der Waals surface area contributed by atoms with E-state index >= 15 is 0 Å². The van der Waals surface area contributed by atoms with E-state index in [1.165, 1.54) is 11.3 Å². The molecule has 1 amide bonds. The van der Waals surface area contributed by atoms with Crippen LogP contribution < -0.4 is 10.6 Å². The quantitative estimate of drug-likeness (QED) is 0.506. The van der Waals surface area contributed by atoms with Crippen molar-refractivity contribution in [2.75, 3.05) is 18.5 Å². The predicted octanol–water partition coefficient (Wildman–Crippen LogP) is 4.25. The highest BCUT2D eigenvalue weighted by Crippen LogP contribution is 2.36. The Hall–Kier alpha value is -2.96. The molecule has 0 aliphatic rings. The van der Waals surface area contributed by atoms with Crippen molar-refractivity contribution in [3.8, 4) is 11.1 Å². The van der Waals surface area contributed by atoms with E-state index in [1.54, 1.807) is 6.92 Å². The molecule has 3 aromatic rings. The van der Waals surface area contributed by atoms with E-state index in [-0.39, 0.29) is 18.6 Å². The maximum Gasteiger partial charge on any atom is 0.341 e. The largest absolute Gasteiger partial charge is 0.462 e. The molecule has 0 unspecified atom stereocenters. The second-order valence-corrected chi connectivity index (χ2v) is 7.72. The van der Waals surface area contributed by atoms with Crippen molar-refractivity contribution in [3.05, 3.63) is 77.2 Å². The topological polar surface area (TPSA) is 72.0 Å². The SMILES string of the molecule is CCC[NH2+][C@H](C(=O)Nc1scc(-c2ccccc2)c1C(=O)OCC)c1ccccc1. The fourth-order valence-electron chi connectivity index (χ4n) is 3.26. The highest BCUT2D eigenvalue weighted by molar-refractivity contribution is 7.15. The van der Waals surface area contributed by atoms with E-state index < -0.39 is 5.97 Å². The van der Waals surface area contributed by atoms with Crippen molar-refractivity contribution < 1.29 is 19.6 Å². The average molecular weight is 424 g/mol. The Labute approximate surface area is 181 Å². The molecule has 2 aromatic carbocycles. The number of carbonyl (C=O) groups excluding carboxylic acids is 2. The molecule has 0 bridgehead atoms. The van der Waals surface area contributed by atoms with Gasteiger partial charge in [0.2, 0.25) is 0 Å². The fraction of sp³-hybridized carbons (Fsp3) is 0.250. The summed E-state index contributed by atoms with van der Waals surface area (Å²) in [6.45, 7) is 4.96. The molecule has 0 fully saturated rings. The minimum absolute atomic E-state index is 0.151. The molecule has 0 radical (unpaired) electrons. The Kier molecular flexibility index (Phi) is 7.76. The van der Waals surface area contributed by atoms with Gasteiger partial charge in [-0.3, -0.25) is 4.79 Å². The molecule has 1 heterocycles. The summed E-state index contributed by atoms with van der Waals surface area (Å²) in [5.41, 5.74) is 3.02. The third-order valence-corrected chi connectivity index (χ3v) is 5.62. The second kappa shape index (κ2) is 10.7. The number of anilines is 1. The summed E-state index contributed by atoms with van der Waals surface area (Å²) >= 11 is 1.34. The van der Waals surface area contributed by atoms with Gasteiger partial charge in [-0.05, 0) is 18.9 Å². The van der Waals surface area contributed by atoms with Gasteiger partial charge >= 0.3 is 5.97 Å². The van der Waals surface area contributed by atoms with Crippen LogP contribution in [-0.2, 0) is 9.53 Å². The first-order valence-corrected chi connectivity index (χ1v) is 11.1. The fourth-order valence-corrected chi connectivity index (χ4v) is 4.22. The van der Waals surface area contributed by atoms with Crippen molar-refractivity contribution in [1.82, 2.24) is 0 Å². The zero-order valence-electron chi connectivity index (χ0n) is 17.3. The summed E-state index contributed by atoms with van der Waals surface area (Å²) in [5, 5.41) is 7.43.